The van der Waals surface area contributed by atoms with Crippen molar-refractivity contribution < 1.29 is 9.47 Å². The van der Waals surface area contributed by atoms with E-state index >= 15 is 0 Å². The number of hydrogen-bond acceptors (Lipinski definition) is 4. The number of nitrogens with zero attached hydrogens (tertiary/aromatic N) is 2. The molecule has 104 valence electrons. The summed E-state index contributed by atoms with van der Waals surface area (Å²) in [7, 11) is 1.67. The third-order valence-corrected chi connectivity index (χ3v) is 2.45. The highest BCUT2D eigenvalue weighted by Gasteiger charge is 1.99. The molecule has 0 saturated heterocycles. The average molecular weight is 255 g/mol. The van der Waals surface area contributed by atoms with E-state index < -0.39 is 0 Å². The Labute approximate surface area is 109 Å². The van der Waals surface area contributed by atoms with Gasteiger partial charge in [-0.25, -0.2) is 0 Å². The van der Waals surface area contributed by atoms with Crippen molar-refractivity contribution in [3.05, 3.63) is 18.0 Å². The number of ether oxygens (including phenoxy) is 2. The van der Waals surface area contributed by atoms with Gasteiger partial charge in [0.25, 0.3) is 0 Å². The predicted molar refractivity (Wildman–Crippen MR) is 71.5 cm³/mol. The molecule has 0 aliphatic rings. The lowest BCUT2D eigenvalue weighted by atomic mass is 10.2. The second-order valence-corrected chi connectivity index (χ2v) is 4.70. The molecule has 0 saturated carbocycles. The molecule has 0 radical (unpaired) electrons. The molecular weight excluding hydrogens is 230 g/mol. The smallest absolute Gasteiger partial charge is 0.0762 e. The molecule has 0 spiro atoms. The highest BCUT2D eigenvalue weighted by atomic mass is 16.5. The first-order chi connectivity index (χ1) is 8.72. The number of nitrogens with one attached hydrogen (secondary N) is 1. The lowest BCUT2D eigenvalue weighted by Crippen LogP contribution is -2.19. The van der Waals surface area contributed by atoms with Crippen molar-refractivity contribution in [1.82, 2.24) is 15.1 Å². The molecule has 18 heavy (non-hydrogen) atoms. The summed E-state index contributed by atoms with van der Waals surface area (Å²) in [6.45, 7) is 8.98. The van der Waals surface area contributed by atoms with E-state index in [1.54, 1.807) is 7.11 Å². The molecule has 1 heterocycles. The van der Waals surface area contributed by atoms with Crippen LogP contribution >= 0.6 is 0 Å². The molecule has 0 aliphatic heterocycles. The van der Waals surface area contributed by atoms with Gasteiger partial charge >= 0.3 is 0 Å². The fraction of sp³-hybridized carbons (Fsp3) is 0.769. The van der Waals surface area contributed by atoms with Crippen LogP contribution in [0.4, 0.5) is 0 Å². The molecule has 5 nitrogen and oxygen atoms in total. The zero-order valence-corrected chi connectivity index (χ0v) is 11.7. The standard InChI is InChI=1S/C13H25N3O2/c1-12(2)10-14-11-13-4-5-16(15-13)6-7-18-9-8-17-3/h4-5,12,14H,6-11H2,1-3H3. The van der Waals surface area contributed by atoms with Crippen LogP contribution < -0.4 is 5.32 Å². The molecule has 0 aromatic carbocycles. The molecule has 0 fully saturated rings. The summed E-state index contributed by atoms with van der Waals surface area (Å²) in [4.78, 5) is 0. The van der Waals surface area contributed by atoms with E-state index in [0.29, 0.717) is 25.7 Å². The fourth-order valence-corrected chi connectivity index (χ4v) is 1.51. The van der Waals surface area contributed by atoms with E-state index in [1.807, 2.05) is 16.9 Å². The Morgan fingerprint density at radius 3 is 2.89 bits per heavy atom. The van der Waals surface area contributed by atoms with Crippen molar-refractivity contribution in [1.29, 1.82) is 0 Å². The molecule has 0 amide bonds. The molecule has 1 N–H and O–H groups in total. The van der Waals surface area contributed by atoms with Crippen LogP contribution in [0.15, 0.2) is 12.3 Å². The van der Waals surface area contributed by atoms with Crippen molar-refractivity contribution in [3.8, 4) is 0 Å². The second-order valence-electron chi connectivity index (χ2n) is 4.70. The summed E-state index contributed by atoms with van der Waals surface area (Å²) in [5, 5.41) is 7.84. The van der Waals surface area contributed by atoms with Gasteiger partial charge in [0.2, 0.25) is 0 Å². The van der Waals surface area contributed by atoms with E-state index in [9.17, 15) is 0 Å². The molecule has 0 aliphatic carbocycles. The maximum Gasteiger partial charge on any atom is 0.0762 e. The van der Waals surface area contributed by atoms with E-state index in [2.05, 4.69) is 24.3 Å². The van der Waals surface area contributed by atoms with Gasteiger partial charge in [0.05, 0.1) is 32.1 Å². The molecule has 0 atom stereocenters. The summed E-state index contributed by atoms with van der Waals surface area (Å²) in [6.07, 6.45) is 1.99. The Bertz CT molecular complexity index is 313. The molecule has 5 heteroatoms. The van der Waals surface area contributed by atoms with Gasteiger partial charge in [0.1, 0.15) is 0 Å². The lowest BCUT2D eigenvalue weighted by molar-refractivity contribution is 0.0654. The number of hydrogen-bond donors (Lipinski definition) is 1. The van der Waals surface area contributed by atoms with Gasteiger partial charge < -0.3 is 14.8 Å². The first-order valence-electron chi connectivity index (χ1n) is 6.52. The summed E-state index contributed by atoms with van der Waals surface area (Å²) in [5.41, 5.74) is 1.08. The van der Waals surface area contributed by atoms with Crippen LogP contribution in [-0.2, 0) is 22.6 Å². The van der Waals surface area contributed by atoms with E-state index in [1.165, 1.54) is 0 Å². The minimum Gasteiger partial charge on any atom is -0.382 e. The SMILES string of the molecule is COCCOCCn1ccc(CNCC(C)C)n1. The van der Waals surface area contributed by atoms with Crippen molar-refractivity contribution in [2.75, 3.05) is 33.5 Å². The largest absolute Gasteiger partial charge is 0.382 e. The fourth-order valence-electron chi connectivity index (χ4n) is 1.51. The molecule has 1 aromatic heterocycles. The number of methoxy groups -OCH3 is 1. The Kier molecular flexibility index (Phi) is 7.64. The first-order valence-corrected chi connectivity index (χ1v) is 6.52. The number of rotatable bonds is 10. The van der Waals surface area contributed by atoms with E-state index in [4.69, 9.17) is 9.47 Å². The minimum absolute atomic E-state index is 0.639. The zero-order valence-electron chi connectivity index (χ0n) is 11.7. The van der Waals surface area contributed by atoms with Crippen LogP contribution in [0.2, 0.25) is 0 Å². The van der Waals surface area contributed by atoms with Crippen molar-refractivity contribution in [2.45, 2.75) is 26.9 Å². The Balaban J connectivity index is 2.13. The second kappa shape index (κ2) is 9.08. The van der Waals surface area contributed by atoms with Gasteiger partial charge in [-0.2, -0.15) is 5.10 Å². The molecular formula is C13H25N3O2. The van der Waals surface area contributed by atoms with Gasteiger partial charge in [-0.1, -0.05) is 13.8 Å². The third kappa shape index (κ3) is 6.74. The van der Waals surface area contributed by atoms with Crippen molar-refractivity contribution >= 4 is 0 Å². The average Bonchev–Trinajstić information content (AvgIpc) is 2.76. The van der Waals surface area contributed by atoms with Gasteiger partial charge in [0.15, 0.2) is 0 Å². The van der Waals surface area contributed by atoms with Crippen molar-refractivity contribution in [2.24, 2.45) is 5.92 Å². The summed E-state index contributed by atoms with van der Waals surface area (Å²) < 4.78 is 12.2. The molecule has 1 aromatic rings. The molecule has 0 unspecified atom stereocenters. The van der Waals surface area contributed by atoms with Crippen LogP contribution in [0, 0.1) is 5.92 Å². The normalized spacial score (nSPS) is 11.3. The maximum atomic E-state index is 5.40. The maximum absolute atomic E-state index is 5.40. The van der Waals surface area contributed by atoms with Gasteiger partial charge in [-0.3, -0.25) is 4.68 Å². The zero-order chi connectivity index (χ0) is 13.2. The van der Waals surface area contributed by atoms with Crippen LogP contribution in [0.5, 0.6) is 0 Å². The quantitative estimate of drug-likeness (QED) is 0.640. The molecule has 0 bridgehead atoms. The Morgan fingerprint density at radius 2 is 2.17 bits per heavy atom. The topological polar surface area (TPSA) is 48.3 Å². The summed E-state index contributed by atoms with van der Waals surface area (Å²) in [5.74, 6) is 0.668. The van der Waals surface area contributed by atoms with Crippen LogP contribution in [0.25, 0.3) is 0 Å². The van der Waals surface area contributed by atoms with Gasteiger partial charge in [-0.05, 0) is 18.5 Å². The van der Waals surface area contributed by atoms with Gasteiger partial charge in [0, 0.05) is 19.9 Å². The highest BCUT2D eigenvalue weighted by molar-refractivity contribution is 4.98. The first kappa shape index (κ1) is 15.1. The highest BCUT2D eigenvalue weighted by Crippen LogP contribution is 1.96. The van der Waals surface area contributed by atoms with Crippen molar-refractivity contribution in [3.63, 3.8) is 0 Å². The van der Waals surface area contributed by atoms with Gasteiger partial charge in [-0.15, -0.1) is 0 Å². The van der Waals surface area contributed by atoms with Crippen LogP contribution in [0.3, 0.4) is 0 Å². The van der Waals surface area contributed by atoms with E-state index in [-0.39, 0.29) is 0 Å². The molecule has 1 rings (SSSR count). The van der Waals surface area contributed by atoms with Crippen LogP contribution in [-0.4, -0.2) is 43.3 Å². The Morgan fingerprint density at radius 1 is 1.33 bits per heavy atom. The summed E-state index contributed by atoms with van der Waals surface area (Å²) in [6, 6.07) is 2.04. The number of aromatic nitrogens is 2. The van der Waals surface area contributed by atoms with E-state index in [0.717, 1.165) is 25.3 Å². The summed E-state index contributed by atoms with van der Waals surface area (Å²) >= 11 is 0. The monoisotopic (exact) mass is 255 g/mol. The predicted octanol–water partition coefficient (Wildman–Crippen LogP) is 1.29. The van der Waals surface area contributed by atoms with Crippen LogP contribution in [0.1, 0.15) is 19.5 Å². The lowest BCUT2D eigenvalue weighted by Gasteiger charge is -2.05. The Hall–Kier alpha value is -0.910. The minimum atomic E-state index is 0.639. The third-order valence-electron chi connectivity index (χ3n) is 2.45.